The van der Waals surface area contributed by atoms with Gasteiger partial charge in [0.2, 0.25) is 0 Å². The summed E-state index contributed by atoms with van der Waals surface area (Å²) < 4.78 is 4.90. The summed E-state index contributed by atoms with van der Waals surface area (Å²) in [5, 5.41) is 0.295. The summed E-state index contributed by atoms with van der Waals surface area (Å²) in [6, 6.07) is 12.7. The van der Waals surface area contributed by atoms with Crippen LogP contribution in [0.4, 0.5) is 0 Å². The standard InChI is InChI=1S/C20H17N3O4/c1-13(24)27-16-9-8-15(21-12-16)11-18-20(26)22-17(19(25)23-18)10-7-14-5-3-2-4-6-14/h2-6,8-12H,7H2,1H3,(H,22,26)(H,23,25)/b17-10-,18-11-. The highest BCUT2D eigenvalue weighted by atomic mass is 16.5. The number of ether oxygens (including phenoxy) is 1. The molecule has 0 spiro atoms. The molecule has 2 heterocycles. The average Bonchev–Trinajstić information content (AvgIpc) is 2.65. The van der Waals surface area contributed by atoms with Crippen LogP contribution in [0.1, 0.15) is 18.2 Å². The SMILES string of the molecule is CC(=O)Oc1ccc(/C=c2\[nH]c(=O)/c(=C/Cc3ccccc3)[nH]c2=O)nc1. The van der Waals surface area contributed by atoms with Gasteiger partial charge in [0, 0.05) is 6.92 Å². The number of rotatable bonds is 4. The molecule has 27 heavy (non-hydrogen) atoms. The average molecular weight is 363 g/mol. The van der Waals surface area contributed by atoms with E-state index in [1.54, 1.807) is 18.2 Å². The third-order valence-electron chi connectivity index (χ3n) is 3.68. The van der Waals surface area contributed by atoms with Gasteiger partial charge in [0.15, 0.2) is 0 Å². The lowest BCUT2D eigenvalue weighted by Gasteiger charge is -2.00. The number of aromatic nitrogens is 3. The minimum atomic E-state index is -0.448. The van der Waals surface area contributed by atoms with Crippen LogP contribution in [0.5, 0.6) is 5.75 Å². The van der Waals surface area contributed by atoms with Crippen LogP contribution in [0, 0.1) is 0 Å². The molecule has 0 fully saturated rings. The van der Waals surface area contributed by atoms with Gasteiger partial charge in [0.05, 0.1) is 11.9 Å². The van der Waals surface area contributed by atoms with E-state index < -0.39 is 17.1 Å². The van der Waals surface area contributed by atoms with Crippen molar-refractivity contribution in [2.45, 2.75) is 13.3 Å². The second-order valence-electron chi connectivity index (χ2n) is 5.79. The van der Waals surface area contributed by atoms with Crippen molar-refractivity contribution in [3.8, 4) is 5.75 Å². The molecule has 0 unspecified atom stereocenters. The molecule has 2 N–H and O–H groups in total. The summed E-state index contributed by atoms with van der Waals surface area (Å²) in [4.78, 5) is 44.6. The van der Waals surface area contributed by atoms with Gasteiger partial charge >= 0.3 is 5.97 Å². The summed E-state index contributed by atoms with van der Waals surface area (Å²) in [5.41, 5.74) is 0.645. The number of hydrogen-bond donors (Lipinski definition) is 2. The number of H-pyrrole nitrogens is 2. The van der Waals surface area contributed by atoms with Crippen LogP contribution in [0.2, 0.25) is 0 Å². The number of nitrogens with one attached hydrogen (secondary N) is 2. The van der Waals surface area contributed by atoms with E-state index in [9.17, 15) is 14.4 Å². The largest absolute Gasteiger partial charge is 0.425 e. The van der Waals surface area contributed by atoms with Crippen molar-refractivity contribution in [1.29, 1.82) is 0 Å². The minimum Gasteiger partial charge on any atom is -0.425 e. The van der Waals surface area contributed by atoms with Crippen molar-refractivity contribution in [3.63, 3.8) is 0 Å². The van der Waals surface area contributed by atoms with Crippen molar-refractivity contribution in [2.75, 3.05) is 0 Å². The molecule has 7 heteroatoms. The highest BCUT2D eigenvalue weighted by Crippen LogP contribution is 2.09. The molecule has 0 aliphatic carbocycles. The Morgan fingerprint density at radius 1 is 1.04 bits per heavy atom. The Morgan fingerprint density at radius 2 is 1.74 bits per heavy atom. The summed E-state index contributed by atoms with van der Waals surface area (Å²) in [7, 11) is 0. The van der Waals surface area contributed by atoms with E-state index in [0.29, 0.717) is 17.9 Å². The number of carbonyl (C=O) groups excluding carboxylic acids is 1. The van der Waals surface area contributed by atoms with Gasteiger partial charge in [0.1, 0.15) is 16.4 Å². The molecule has 0 amide bonds. The molecular weight excluding hydrogens is 346 g/mol. The summed E-state index contributed by atoms with van der Waals surface area (Å²) in [6.07, 6.45) is 5.01. The molecule has 0 saturated carbocycles. The minimum absolute atomic E-state index is 0.0876. The molecule has 0 saturated heterocycles. The number of nitrogens with zero attached hydrogens (tertiary/aromatic N) is 1. The Bertz CT molecular complexity index is 1180. The van der Waals surface area contributed by atoms with Crippen LogP contribution >= 0.6 is 0 Å². The molecule has 0 bridgehead atoms. The summed E-state index contributed by atoms with van der Waals surface area (Å²) >= 11 is 0. The van der Waals surface area contributed by atoms with Gasteiger partial charge < -0.3 is 14.7 Å². The van der Waals surface area contributed by atoms with E-state index in [4.69, 9.17) is 4.74 Å². The van der Waals surface area contributed by atoms with Crippen LogP contribution < -0.4 is 26.6 Å². The van der Waals surface area contributed by atoms with E-state index in [0.717, 1.165) is 5.56 Å². The van der Waals surface area contributed by atoms with Gasteiger partial charge in [-0.2, -0.15) is 0 Å². The van der Waals surface area contributed by atoms with Crippen molar-refractivity contribution < 1.29 is 9.53 Å². The number of hydrogen-bond acceptors (Lipinski definition) is 5. The van der Waals surface area contributed by atoms with Crippen LogP contribution in [0.3, 0.4) is 0 Å². The molecule has 3 aromatic rings. The predicted octanol–water partition coefficient (Wildman–Crippen LogP) is 0.235. The predicted molar refractivity (Wildman–Crippen MR) is 101 cm³/mol. The topological polar surface area (TPSA) is 105 Å². The number of aromatic amines is 2. The maximum absolute atomic E-state index is 12.2. The molecular formula is C20H17N3O4. The van der Waals surface area contributed by atoms with Crippen molar-refractivity contribution in [2.24, 2.45) is 0 Å². The van der Waals surface area contributed by atoms with E-state index >= 15 is 0 Å². The Morgan fingerprint density at radius 3 is 2.41 bits per heavy atom. The summed E-state index contributed by atoms with van der Waals surface area (Å²) in [6.45, 7) is 1.29. The normalized spacial score (nSPS) is 12.2. The Balaban J connectivity index is 1.90. The first-order chi connectivity index (χ1) is 13.0. The van der Waals surface area contributed by atoms with E-state index in [1.807, 2.05) is 30.3 Å². The Hall–Kier alpha value is -3.74. The molecule has 136 valence electrons. The highest BCUT2D eigenvalue weighted by Gasteiger charge is 2.00. The van der Waals surface area contributed by atoms with Gasteiger partial charge in [-0.1, -0.05) is 36.4 Å². The molecule has 7 nitrogen and oxygen atoms in total. The molecule has 0 aliphatic rings. The number of benzene rings is 1. The molecule has 0 aliphatic heterocycles. The molecule has 2 aromatic heterocycles. The Labute approximate surface area is 153 Å². The third kappa shape index (κ3) is 4.88. The first-order valence-electron chi connectivity index (χ1n) is 8.24. The fourth-order valence-electron chi connectivity index (χ4n) is 2.42. The van der Waals surface area contributed by atoms with E-state index in [-0.39, 0.29) is 10.7 Å². The fraction of sp³-hybridized carbons (Fsp3) is 0.100. The second kappa shape index (κ2) is 8.09. The lowest BCUT2D eigenvalue weighted by molar-refractivity contribution is -0.131. The van der Waals surface area contributed by atoms with E-state index in [2.05, 4.69) is 15.0 Å². The van der Waals surface area contributed by atoms with Gasteiger partial charge in [-0.05, 0) is 30.2 Å². The monoisotopic (exact) mass is 363 g/mol. The molecule has 3 rings (SSSR count). The first kappa shape index (κ1) is 18.1. The van der Waals surface area contributed by atoms with E-state index in [1.165, 1.54) is 19.2 Å². The summed E-state index contributed by atoms with van der Waals surface area (Å²) in [5.74, 6) is -0.149. The third-order valence-corrected chi connectivity index (χ3v) is 3.68. The maximum Gasteiger partial charge on any atom is 0.308 e. The zero-order chi connectivity index (χ0) is 19.2. The van der Waals surface area contributed by atoms with Crippen LogP contribution in [-0.2, 0) is 11.2 Å². The van der Waals surface area contributed by atoms with Gasteiger partial charge in [-0.3, -0.25) is 19.4 Å². The van der Waals surface area contributed by atoms with Crippen molar-refractivity contribution >= 4 is 18.1 Å². The number of pyridine rings is 1. The Kier molecular flexibility index (Phi) is 5.41. The van der Waals surface area contributed by atoms with Gasteiger partial charge in [-0.15, -0.1) is 0 Å². The van der Waals surface area contributed by atoms with Crippen LogP contribution in [0.15, 0.2) is 58.3 Å². The fourth-order valence-corrected chi connectivity index (χ4v) is 2.42. The maximum atomic E-state index is 12.2. The molecule has 1 aromatic carbocycles. The molecule has 0 atom stereocenters. The zero-order valence-electron chi connectivity index (χ0n) is 14.6. The smallest absolute Gasteiger partial charge is 0.308 e. The first-order valence-corrected chi connectivity index (χ1v) is 8.24. The lowest BCUT2D eigenvalue weighted by atomic mass is 10.1. The zero-order valence-corrected chi connectivity index (χ0v) is 14.6. The lowest BCUT2D eigenvalue weighted by Crippen LogP contribution is -2.46. The number of carbonyl (C=O) groups is 1. The quantitative estimate of drug-likeness (QED) is 0.646. The van der Waals surface area contributed by atoms with Crippen molar-refractivity contribution in [3.05, 3.63) is 91.3 Å². The second-order valence-corrected chi connectivity index (χ2v) is 5.79. The van der Waals surface area contributed by atoms with Crippen LogP contribution in [0.25, 0.3) is 12.2 Å². The van der Waals surface area contributed by atoms with Crippen LogP contribution in [-0.4, -0.2) is 20.9 Å². The van der Waals surface area contributed by atoms with Gasteiger partial charge in [-0.25, -0.2) is 0 Å². The number of esters is 1. The van der Waals surface area contributed by atoms with Crippen molar-refractivity contribution in [1.82, 2.24) is 15.0 Å². The molecule has 0 radical (unpaired) electrons. The van der Waals surface area contributed by atoms with Gasteiger partial charge in [0.25, 0.3) is 11.1 Å². The highest BCUT2D eigenvalue weighted by molar-refractivity contribution is 5.69.